The van der Waals surface area contributed by atoms with Gasteiger partial charge in [0.2, 0.25) is 11.0 Å². The van der Waals surface area contributed by atoms with Gasteiger partial charge in [-0.25, -0.2) is 9.97 Å². The van der Waals surface area contributed by atoms with Crippen molar-refractivity contribution in [3.05, 3.63) is 18.5 Å². The van der Waals surface area contributed by atoms with E-state index in [1.807, 2.05) is 0 Å². The van der Waals surface area contributed by atoms with E-state index in [0.29, 0.717) is 5.16 Å². The Morgan fingerprint density at radius 1 is 1.53 bits per heavy atom. The molecule has 5 nitrogen and oxygen atoms in total. The highest BCUT2D eigenvalue weighted by atomic mass is 32.2. The second-order valence-corrected chi connectivity index (χ2v) is 5.44. The fourth-order valence-corrected chi connectivity index (χ4v) is 2.90. The number of nitrogens with one attached hydrogen (secondary N) is 1. The normalized spacial score (nSPS) is 19.3. The first-order chi connectivity index (χ1) is 8.25. The lowest BCUT2D eigenvalue weighted by Gasteiger charge is -2.09. The molecule has 0 bridgehead atoms. The zero-order valence-corrected chi connectivity index (χ0v) is 10.6. The van der Waals surface area contributed by atoms with E-state index in [0.717, 1.165) is 12.2 Å². The van der Waals surface area contributed by atoms with Crippen LogP contribution in [-0.2, 0) is 9.59 Å². The molecule has 17 heavy (non-hydrogen) atoms. The minimum Gasteiger partial charge on any atom is -0.345 e. The average molecular weight is 269 g/mol. The Bertz CT molecular complexity index is 413. The number of carbonyl (C=O) groups excluding carboxylic acids is 2. The Kier molecular flexibility index (Phi) is 4.38. The molecule has 0 saturated carbocycles. The maximum atomic E-state index is 11.6. The number of rotatable bonds is 4. The van der Waals surface area contributed by atoms with Crippen LogP contribution in [0.3, 0.4) is 0 Å². The van der Waals surface area contributed by atoms with Crippen LogP contribution in [-0.4, -0.2) is 38.5 Å². The Morgan fingerprint density at radius 2 is 2.29 bits per heavy atom. The molecule has 1 N–H and O–H groups in total. The summed E-state index contributed by atoms with van der Waals surface area (Å²) in [6.07, 6.45) is 3.98. The Balaban J connectivity index is 1.76. The highest BCUT2D eigenvalue weighted by molar-refractivity contribution is 8.14. The van der Waals surface area contributed by atoms with Gasteiger partial charge >= 0.3 is 0 Å². The van der Waals surface area contributed by atoms with Crippen LogP contribution < -0.4 is 5.32 Å². The molecule has 1 aromatic heterocycles. The number of hydrogen-bond acceptors (Lipinski definition) is 6. The van der Waals surface area contributed by atoms with E-state index in [-0.39, 0.29) is 22.8 Å². The van der Waals surface area contributed by atoms with Gasteiger partial charge in [0.25, 0.3) is 0 Å². The van der Waals surface area contributed by atoms with Crippen molar-refractivity contribution in [2.24, 2.45) is 0 Å². The quantitative estimate of drug-likeness (QED) is 0.641. The standard InChI is InChI=1S/C10H11N3O2S2/c14-8(13-7-2-5-16-9(7)15)6-17-10-11-3-1-4-12-10/h1,3-4,7H,2,5-6H2,(H,13,14)/t7-/m1/s1. The van der Waals surface area contributed by atoms with Crippen molar-refractivity contribution in [1.29, 1.82) is 0 Å². The van der Waals surface area contributed by atoms with Crippen molar-refractivity contribution in [3.8, 4) is 0 Å². The molecule has 1 amide bonds. The molecule has 2 rings (SSSR count). The maximum Gasteiger partial charge on any atom is 0.231 e. The lowest BCUT2D eigenvalue weighted by atomic mass is 10.2. The molecule has 0 aliphatic carbocycles. The summed E-state index contributed by atoms with van der Waals surface area (Å²) in [5.41, 5.74) is 0. The second-order valence-electron chi connectivity index (χ2n) is 3.40. The second kappa shape index (κ2) is 6.02. The third kappa shape index (κ3) is 3.71. The SMILES string of the molecule is O=C(CSc1ncccn1)N[C@@H]1CCSC1=O. The summed E-state index contributed by atoms with van der Waals surface area (Å²) in [5, 5.41) is 3.33. The lowest BCUT2D eigenvalue weighted by Crippen LogP contribution is -2.38. The molecule has 1 saturated heterocycles. The molecule has 1 atom stereocenters. The molecule has 1 aromatic rings. The van der Waals surface area contributed by atoms with Crippen LogP contribution in [0, 0.1) is 0 Å². The van der Waals surface area contributed by atoms with E-state index >= 15 is 0 Å². The van der Waals surface area contributed by atoms with Crippen LogP contribution in [0.15, 0.2) is 23.6 Å². The number of hydrogen-bond donors (Lipinski definition) is 1. The highest BCUT2D eigenvalue weighted by Gasteiger charge is 2.26. The highest BCUT2D eigenvalue weighted by Crippen LogP contribution is 2.19. The van der Waals surface area contributed by atoms with Crippen molar-refractivity contribution in [1.82, 2.24) is 15.3 Å². The first kappa shape index (κ1) is 12.4. The van der Waals surface area contributed by atoms with Gasteiger partial charge in [0.05, 0.1) is 11.8 Å². The maximum absolute atomic E-state index is 11.6. The predicted molar refractivity (Wildman–Crippen MR) is 66.8 cm³/mol. The van der Waals surface area contributed by atoms with Crippen molar-refractivity contribution >= 4 is 34.5 Å². The van der Waals surface area contributed by atoms with Crippen LogP contribution in [0.5, 0.6) is 0 Å². The van der Waals surface area contributed by atoms with Crippen LogP contribution >= 0.6 is 23.5 Å². The minimum atomic E-state index is -0.315. The van der Waals surface area contributed by atoms with E-state index in [2.05, 4.69) is 15.3 Å². The Hall–Kier alpha value is -1.08. The van der Waals surface area contributed by atoms with Gasteiger partial charge in [-0.15, -0.1) is 0 Å². The number of nitrogens with zero attached hydrogens (tertiary/aromatic N) is 2. The molecule has 1 aliphatic heterocycles. The summed E-state index contributed by atoms with van der Waals surface area (Å²) in [6.45, 7) is 0. The van der Waals surface area contributed by atoms with E-state index in [1.54, 1.807) is 18.5 Å². The molecule has 0 radical (unpaired) electrons. The molecule has 0 spiro atoms. The molecule has 0 aromatic carbocycles. The number of carbonyl (C=O) groups is 2. The van der Waals surface area contributed by atoms with Crippen LogP contribution in [0.2, 0.25) is 0 Å². The molecule has 7 heteroatoms. The van der Waals surface area contributed by atoms with Gasteiger partial charge in [0, 0.05) is 18.1 Å². The first-order valence-corrected chi connectivity index (χ1v) is 7.08. The molecule has 2 heterocycles. The van der Waals surface area contributed by atoms with Gasteiger partial charge in [-0.05, 0) is 12.5 Å². The lowest BCUT2D eigenvalue weighted by molar-refractivity contribution is -0.122. The summed E-state index contributed by atoms with van der Waals surface area (Å²) in [4.78, 5) is 30.9. The van der Waals surface area contributed by atoms with Gasteiger partial charge in [0.1, 0.15) is 0 Å². The van der Waals surface area contributed by atoms with Crippen LogP contribution in [0.1, 0.15) is 6.42 Å². The summed E-state index contributed by atoms with van der Waals surface area (Å²) >= 11 is 2.54. The van der Waals surface area contributed by atoms with E-state index in [9.17, 15) is 9.59 Å². The summed E-state index contributed by atoms with van der Waals surface area (Å²) in [5.74, 6) is 0.875. The fourth-order valence-electron chi connectivity index (χ4n) is 1.35. The van der Waals surface area contributed by atoms with Crippen LogP contribution in [0.4, 0.5) is 0 Å². The van der Waals surface area contributed by atoms with Crippen molar-refractivity contribution < 1.29 is 9.59 Å². The summed E-state index contributed by atoms with van der Waals surface area (Å²) in [6, 6.07) is 1.41. The molecule has 1 aliphatic rings. The van der Waals surface area contributed by atoms with Gasteiger partial charge in [-0.1, -0.05) is 23.5 Å². The van der Waals surface area contributed by atoms with E-state index < -0.39 is 0 Å². The van der Waals surface area contributed by atoms with Crippen molar-refractivity contribution in [3.63, 3.8) is 0 Å². The topological polar surface area (TPSA) is 72.0 Å². The zero-order valence-electron chi connectivity index (χ0n) is 8.96. The molecule has 90 valence electrons. The largest absolute Gasteiger partial charge is 0.345 e. The molecular formula is C10H11N3O2S2. The van der Waals surface area contributed by atoms with Gasteiger partial charge in [0.15, 0.2) is 5.16 Å². The number of thioether (sulfide) groups is 2. The van der Waals surface area contributed by atoms with Crippen molar-refractivity contribution in [2.45, 2.75) is 17.6 Å². The van der Waals surface area contributed by atoms with Crippen LogP contribution in [0.25, 0.3) is 0 Å². The zero-order chi connectivity index (χ0) is 12.1. The summed E-state index contributed by atoms with van der Waals surface area (Å²) in [7, 11) is 0. The molecule has 0 unspecified atom stereocenters. The smallest absolute Gasteiger partial charge is 0.231 e. The molecule has 1 fully saturated rings. The Morgan fingerprint density at radius 3 is 2.94 bits per heavy atom. The monoisotopic (exact) mass is 269 g/mol. The minimum absolute atomic E-state index is 0.0549. The third-order valence-corrected chi connectivity index (χ3v) is 4.03. The van der Waals surface area contributed by atoms with Gasteiger partial charge in [-0.3, -0.25) is 9.59 Å². The average Bonchev–Trinajstić information content (AvgIpc) is 2.74. The predicted octanol–water partition coefficient (Wildman–Crippen LogP) is 0.717. The number of aromatic nitrogens is 2. The Labute approximate surface area is 107 Å². The first-order valence-electron chi connectivity index (χ1n) is 5.11. The van der Waals surface area contributed by atoms with Gasteiger partial charge < -0.3 is 5.32 Å². The number of amides is 1. The third-order valence-electron chi connectivity index (χ3n) is 2.15. The van der Waals surface area contributed by atoms with E-state index in [4.69, 9.17) is 0 Å². The summed E-state index contributed by atoms with van der Waals surface area (Å²) < 4.78 is 0. The van der Waals surface area contributed by atoms with Crippen molar-refractivity contribution in [2.75, 3.05) is 11.5 Å². The van der Waals surface area contributed by atoms with E-state index in [1.165, 1.54) is 23.5 Å². The van der Waals surface area contributed by atoms with Gasteiger partial charge in [-0.2, -0.15) is 0 Å². The molecular weight excluding hydrogens is 258 g/mol. The fraction of sp³-hybridized carbons (Fsp3) is 0.400.